The highest BCUT2D eigenvalue weighted by molar-refractivity contribution is 6.04. The molecule has 1 aromatic rings. The number of benzene rings is 1. The molecule has 0 bridgehead atoms. The number of rotatable bonds is 2. The smallest absolute Gasteiger partial charge is 0.450 e. The lowest BCUT2D eigenvalue weighted by atomic mass is 9.90. The second kappa shape index (κ2) is 4.76. The van der Waals surface area contributed by atoms with Crippen molar-refractivity contribution in [2.45, 2.75) is 20.8 Å². The lowest BCUT2D eigenvalue weighted by Crippen LogP contribution is -2.47. The molecule has 1 aliphatic rings. The van der Waals surface area contributed by atoms with Crippen molar-refractivity contribution in [1.29, 1.82) is 0 Å². The summed E-state index contributed by atoms with van der Waals surface area (Å²) in [5.41, 5.74) is 6.97. The second-order valence-electron chi connectivity index (χ2n) is 5.77. The Morgan fingerprint density at radius 1 is 1.25 bits per heavy atom. The van der Waals surface area contributed by atoms with Gasteiger partial charge < -0.3 is 10.5 Å². The van der Waals surface area contributed by atoms with Gasteiger partial charge in [0.2, 0.25) is 0 Å². The normalized spacial score (nSPS) is 21.7. The van der Waals surface area contributed by atoms with Gasteiger partial charge in [-0.1, -0.05) is 30.5 Å². The summed E-state index contributed by atoms with van der Waals surface area (Å²) in [6, 6.07) is 6.63. The summed E-state index contributed by atoms with van der Waals surface area (Å²) in [5, 5.41) is 4.54. The highest BCUT2D eigenvalue weighted by Crippen LogP contribution is 2.33. The van der Waals surface area contributed by atoms with E-state index < -0.39 is 6.03 Å². The van der Waals surface area contributed by atoms with Gasteiger partial charge in [-0.2, -0.15) is 0 Å². The molecule has 0 saturated heterocycles. The first-order valence-corrected chi connectivity index (χ1v) is 6.43. The first kappa shape index (κ1) is 14.3. The first-order chi connectivity index (χ1) is 9.29. The van der Waals surface area contributed by atoms with Gasteiger partial charge in [0.25, 0.3) is 0 Å². The molecule has 2 rings (SSSR count). The summed E-state index contributed by atoms with van der Waals surface area (Å²) >= 11 is 0. The van der Waals surface area contributed by atoms with Crippen LogP contribution in [0.25, 0.3) is 0 Å². The molecule has 0 aliphatic carbocycles. The van der Waals surface area contributed by atoms with Gasteiger partial charge in [-0.3, -0.25) is 0 Å². The molecule has 1 unspecified atom stereocenters. The third-order valence-corrected chi connectivity index (χ3v) is 3.28. The van der Waals surface area contributed by atoms with E-state index in [1.165, 1.54) is 0 Å². The van der Waals surface area contributed by atoms with Crippen LogP contribution in [0.5, 0.6) is 5.75 Å². The van der Waals surface area contributed by atoms with E-state index in [0.717, 1.165) is 11.5 Å². The minimum absolute atomic E-state index is 0.140. The van der Waals surface area contributed by atoms with Gasteiger partial charge in [-0.25, -0.2) is 4.79 Å². The number of hydrogen-bond acceptors (Lipinski definition) is 3. The molecule has 1 aromatic carbocycles. The Morgan fingerprint density at radius 2 is 1.85 bits per heavy atom. The summed E-state index contributed by atoms with van der Waals surface area (Å²) in [6.07, 6.45) is 3.57. The van der Waals surface area contributed by atoms with Gasteiger partial charge in [-0.15, -0.1) is 0 Å². The van der Waals surface area contributed by atoms with Gasteiger partial charge in [-0.05, 0) is 12.1 Å². The maximum Gasteiger partial charge on any atom is 0.450 e. The summed E-state index contributed by atoms with van der Waals surface area (Å²) in [7, 11) is 1.60. The Kier molecular flexibility index (Phi) is 3.39. The molecule has 2 N–H and O–H groups in total. The Bertz CT molecular complexity index is 582. The van der Waals surface area contributed by atoms with E-state index in [1.807, 2.05) is 26.8 Å². The fourth-order valence-electron chi connectivity index (χ4n) is 2.02. The van der Waals surface area contributed by atoms with Crippen molar-refractivity contribution in [3.63, 3.8) is 0 Å². The van der Waals surface area contributed by atoms with Gasteiger partial charge in [0.15, 0.2) is 5.69 Å². The molecule has 1 heterocycles. The molecule has 0 aromatic heterocycles. The molecule has 20 heavy (non-hydrogen) atoms. The van der Waals surface area contributed by atoms with Crippen LogP contribution in [0.15, 0.2) is 41.6 Å². The van der Waals surface area contributed by atoms with E-state index in [2.05, 4.69) is 5.10 Å². The van der Waals surface area contributed by atoms with Crippen LogP contribution in [-0.2, 0) is 0 Å². The van der Waals surface area contributed by atoms with E-state index in [0.29, 0.717) is 5.69 Å². The number of allylic oxidation sites excluding steroid dienone is 1. The molecule has 0 spiro atoms. The summed E-state index contributed by atoms with van der Waals surface area (Å²) in [6.45, 7) is 6.14. The molecule has 1 aliphatic heterocycles. The average Bonchev–Trinajstić information content (AvgIpc) is 2.85. The standard InChI is InChI=1S/C15H19N3O2/c1-15(2,3)13-9-10-18(17-13,14(16)19)11-5-7-12(20-4)8-6-11/h5-10H,1-4H3,(H-,16,19)/p+1. The van der Waals surface area contributed by atoms with Gasteiger partial charge in [0.1, 0.15) is 17.7 Å². The Hall–Kier alpha value is -2.14. The number of primary amides is 1. The molecule has 0 radical (unpaired) electrons. The van der Waals surface area contributed by atoms with Crippen molar-refractivity contribution in [3.8, 4) is 5.75 Å². The largest absolute Gasteiger partial charge is 0.497 e. The summed E-state index contributed by atoms with van der Waals surface area (Å²) in [4.78, 5) is 12.0. The number of quaternary nitrogens is 1. The molecule has 5 heteroatoms. The highest BCUT2D eigenvalue weighted by Gasteiger charge is 2.42. The fourth-order valence-corrected chi connectivity index (χ4v) is 2.02. The van der Waals surface area contributed by atoms with Crippen LogP contribution in [0.1, 0.15) is 20.8 Å². The minimum Gasteiger partial charge on any atom is -0.497 e. The summed E-state index contributed by atoms with van der Waals surface area (Å²) in [5.74, 6) is 0.722. The number of ether oxygens (including phenoxy) is 1. The van der Waals surface area contributed by atoms with Crippen molar-refractivity contribution in [2.75, 3.05) is 7.11 Å². The highest BCUT2D eigenvalue weighted by atomic mass is 16.5. The van der Waals surface area contributed by atoms with Crippen molar-refractivity contribution >= 4 is 17.4 Å². The molecular weight excluding hydrogens is 254 g/mol. The van der Waals surface area contributed by atoms with Crippen LogP contribution in [0.2, 0.25) is 0 Å². The molecule has 2 amide bonds. The van der Waals surface area contributed by atoms with E-state index in [1.54, 1.807) is 37.6 Å². The molecule has 5 nitrogen and oxygen atoms in total. The second-order valence-corrected chi connectivity index (χ2v) is 5.77. The monoisotopic (exact) mass is 274 g/mol. The van der Waals surface area contributed by atoms with E-state index in [-0.39, 0.29) is 10.0 Å². The zero-order valence-corrected chi connectivity index (χ0v) is 12.3. The first-order valence-electron chi connectivity index (χ1n) is 6.43. The van der Waals surface area contributed by atoms with Gasteiger partial charge >= 0.3 is 6.03 Å². The third-order valence-electron chi connectivity index (χ3n) is 3.28. The number of amides is 2. The Morgan fingerprint density at radius 3 is 2.25 bits per heavy atom. The maximum atomic E-state index is 12.0. The van der Waals surface area contributed by atoms with Crippen LogP contribution >= 0.6 is 0 Å². The van der Waals surface area contributed by atoms with Crippen molar-refractivity contribution in [2.24, 2.45) is 16.3 Å². The van der Waals surface area contributed by atoms with Crippen LogP contribution in [0, 0.1) is 5.41 Å². The van der Waals surface area contributed by atoms with E-state index in [4.69, 9.17) is 10.5 Å². The number of urea groups is 1. The molecule has 1 atom stereocenters. The minimum atomic E-state index is -0.536. The van der Waals surface area contributed by atoms with Gasteiger partial charge in [0, 0.05) is 23.6 Å². The van der Waals surface area contributed by atoms with Crippen molar-refractivity contribution < 1.29 is 9.53 Å². The van der Waals surface area contributed by atoms with Crippen molar-refractivity contribution in [1.82, 2.24) is 4.59 Å². The third kappa shape index (κ3) is 2.32. The summed E-state index contributed by atoms with van der Waals surface area (Å²) < 4.78 is 4.79. The maximum absolute atomic E-state index is 12.0. The van der Waals surface area contributed by atoms with Crippen LogP contribution < -0.4 is 15.1 Å². The number of carbonyl (C=O) groups is 1. The lowest BCUT2D eigenvalue weighted by Gasteiger charge is -2.22. The topological polar surface area (TPSA) is 64.7 Å². The average molecular weight is 274 g/mol. The van der Waals surface area contributed by atoms with Crippen LogP contribution in [0.4, 0.5) is 10.5 Å². The zero-order valence-electron chi connectivity index (χ0n) is 12.3. The Labute approximate surface area is 118 Å². The molecular formula is C15H20N3O2+. The number of nitrogens with zero attached hydrogens (tertiary/aromatic N) is 2. The SMILES string of the molecule is COc1ccc([N+]2(C(N)=O)C=CC(C(C)(C)C)=N2)cc1. The van der Waals surface area contributed by atoms with E-state index >= 15 is 0 Å². The zero-order chi connectivity index (χ0) is 15.0. The fraction of sp³-hybridized carbons (Fsp3) is 0.333. The lowest BCUT2D eigenvalue weighted by molar-refractivity contribution is 0.226. The van der Waals surface area contributed by atoms with Crippen molar-refractivity contribution in [3.05, 3.63) is 36.5 Å². The number of methoxy groups -OCH3 is 1. The van der Waals surface area contributed by atoms with Crippen LogP contribution in [-0.4, -0.2) is 18.9 Å². The van der Waals surface area contributed by atoms with Crippen LogP contribution in [0.3, 0.4) is 0 Å². The quantitative estimate of drug-likeness (QED) is 0.842. The number of nitrogens with two attached hydrogens (primary N) is 1. The molecule has 106 valence electrons. The molecule has 0 fully saturated rings. The predicted octanol–water partition coefficient (Wildman–Crippen LogP) is 3.01. The Balaban J connectivity index is 2.50. The molecule has 0 saturated carbocycles. The predicted molar refractivity (Wildman–Crippen MR) is 80.4 cm³/mol. The van der Waals surface area contributed by atoms with E-state index in [9.17, 15) is 4.79 Å². The number of hydrogen-bond donors (Lipinski definition) is 1. The number of carbonyl (C=O) groups excluding carboxylic acids is 1. The van der Waals surface area contributed by atoms with Gasteiger partial charge in [0.05, 0.1) is 7.11 Å².